The smallest absolute Gasteiger partial charge is 0.269 e. The highest BCUT2D eigenvalue weighted by Crippen LogP contribution is 2.08. The number of benzene rings is 1. The molecule has 0 atom stereocenters. The minimum absolute atomic E-state index is 0.120. The van der Waals surface area contributed by atoms with Gasteiger partial charge in [-0.05, 0) is 57.6 Å². The number of anilines is 1. The molecule has 1 amide bonds. The van der Waals surface area contributed by atoms with E-state index in [1.165, 1.54) is 5.56 Å². The Morgan fingerprint density at radius 2 is 1.88 bits per heavy atom. The summed E-state index contributed by atoms with van der Waals surface area (Å²) >= 11 is 0. The Morgan fingerprint density at radius 3 is 2.64 bits per heavy atom. The zero-order valence-corrected chi connectivity index (χ0v) is 15.2. The van der Waals surface area contributed by atoms with Crippen LogP contribution in [0.3, 0.4) is 0 Å². The molecule has 1 heterocycles. The second kappa shape index (κ2) is 10.5. The van der Waals surface area contributed by atoms with E-state index in [0.717, 1.165) is 38.0 Å². The summed E-state index contributed by atoms with van der Waals surface area (Å²) in [7, 11) is 4.12. The molecule has 0 saturated heterocycles. The number of nitrogens with zero attached hydrogens (tertiary/aromatic N) is 2. The molecule has 0 spiro atoms. The van der Waals surface area contributed by atoms with Crippen LogP contribution < -0.4 is 10.6 Å². The van der Waals surface area contributed by atoms with Gasteiger partial charge in [-0.1, -0.05) is 30.3 Å². The number of pyridine rings is 1. The predicted octanol–water partition coefficient (Wildman–Crippen LogP) is 2.81. The van der Waals surface area contributed by atoms with Crippen molar-refractivity contribution in [3.05, 3.63) is 59.9 Å². The largest absolute Gasteiger partial charge is 0.385 e. The Balaban J connectivity index is 1.72. The minimum Gasteiger partial charge on any atom is -0.385 e. The lowest BCUT2D eigenvalue weighted by atomic mass is 10.1. The molecule has 0 aliphatic rings. The molecule has 2 rings (SSSR count). The molecule has 5 nitrogen and oxygen atoms in total. The van der Waals surface area contributed by atoms with Gasteiger partial charge in [-0.2, -0.15) is 0 Å². The van der Waals surface area contributed by atoms with Crippen LogP contribution in [0.4, 0.5) is 5.69 Å². The molecular formula is C20H28N4O. The molecule has 2 aromatic rings. The van der Waals surface area contributed by atoms with Crippen molar-refractivity contribution in [1.29, 1.82) is 0 Å². The molecule has 0 fully saturated rings. The van der Waals surface area contributed by atoms with Gasteiger partial charge in [-0.25, -0.2) is 0 Å². The highest BCUT2D eigenvalue weighted by atomic mass is 16.1. The average molecular weight is 340 g/mol. The summed E-state index contributed by atoms with van der Waals surface area (Å²) < 4.78 is 0. The van der Waals surface area contributed by atoms with Crippen LogP contribution in [0.2, 0.25) is 0 Å². The molecule has 1 aromatic heterocycles. The summed E-state index contributed by atoms with van der Waals surface area (Å²) in [6, 6.07) is 14.0. The summed E-state index contributed by atoms with van der Waals surface area (Å²) in [4.78, 5) is 18.5. The highest BCUT2D eigenvalue weighted by Gasteiger charge is 2.07. The van der Waals surface area contributed by atoms with Crippen molar-refractivity contribution in [1.82, 2.24) is 15.2 Å². The lowest BCUT2D eigenvalue weighted by Gasteiger charge is -2.11. The fourth-order valence-electron chi connectivity index (χ4n) is 2.52. The van der Waals surface area contributed by atoms with Crippen molar-refractivity contribution in [3.63, 3.8) is 0 Å². The van der Waals surface area contributed by atoms with Crippen LogP contribution in [0.25, 0.3) is 0 Å². The second-order valence-electron chi connectivity index (χ2n) is 6.36. The zero-order valence-electron chi connectivity index (χ0n) is 15.2. The topological polar surface area (TPSA) is 57.3 Å². The average Bonchev–Trinajstić information content (AvgIpc) is 2.63. The fourth-order valence-corrected chi connectivity index (χ4v) is 2.52. The van der Waals surface area contributed by atoms with E-state index in [4.69, 9.17) is 0 Å². The van der Waals surface area contributed by atoms with Gasteiger partial charge in [0.25, 0.3) is 5.91 Å². The first-order chi connectivity index (χ1) is 12.1. The normalized spacial score (nSPS) is 10.7. The number of amides is 1. The molecule has 134 valence electrons. The third-order valence-electron chi connectivity index (χ3n) is 3.87. The molecule has 0 unspecified atom stereocenters. The van der Waals surface area contributed by atoms with Crippen molar-refractivity contribution in [2.75, 3.05) is 39.0 Å². The van der Waals surface area contributed by atoms with E-state index < -0.39 is 0 Å². The van der Waals surface area contributed by atoms with E-state index >= 15 is 0 Å². The molecule has 0 bridgehead atoms. The van der Waals surface area contributed by atoms with Gasteiger partial charge < -0.3 is 15.5 Å². The number of nitrogens with one attached hydrogen (secondary N) is 2. The summed E-state index contributed by atoms with van der Waals surface area (Å²) in [6.45, 7) is 2.56. The third-order valence-corrected chi connectivity index (χ3v) is 3.87. The fraction of sp³-hybridized carbons (Fsp3) is 0.400. The van der Waals surface area contributed by atoms with Crippen molar-refractivity contribution in [2.24, 2.45) is 0 Å². The van der Waals surface area contributed by atoms with E-state index in [0.29, 0.717) is 12.2 Å². The number of aryl methyl sites for hydroxylation is 1. The molecular weight excluding hydrogens is 312 g/mol. The number of rotatable bonds is 10. The van der Waals surface area contributed by atoms with Gasteiger partial charge in [0, 0.05) is 25.0 Å². The van der Waals surface area contributed by atoms with Gasteiger partial charge >= 0.3 is 0 Å². The zero-order chi connectivity index (χ0) is 17.9. The van der Waals surface area contributed by atoms with E-state index in [9.17, 15) is 4.79 Å². The molecule has 5 heteroatoms. The summed E-state index contributed by atoms with van der Waals surface area (Å²) in [5.41, 5.74) is 2.68. The molecule has 1 aromatic carbocycles. The second-order valence-corrected chi connectivity index (χ2v) is 6.36. The number of aromatic nitrogens is 1. The first-order valence-corrected chi connectivity index (χ1v) is 8.82. The van der Waals surface area contributed by atoms with Crippen LogP contribution in [-0.2, 0) is 6.42 Å². The van der Waals surface area contributed by atoms with Crippen molar-refractivity contribution < 1.29 is 4.79 Å². The highest BCUT2D eigenvalue weighted by molar-refractivity contribution is 5.93. The molecule has 0 saturated carbocycles. The van der Waals surface area contributed by atoms with Crippen LogP contribution in [-0.4, -0.2) is 49.5 Å². The summed E-state index contributed by atoms with van der Waals surface area (Å²) in [5.74, 6) is -0.120. The van der Waals surface area contributed by atoms with Crippen molar-refractivity contribution in [3.8, 4) is 0 Å². The Bertz CT molecular complexity index is 643. The SMILES string of the molecule is CN(C)CCCNc1ccnc(C(=O)NCCCc2ccccc2)c1. The van der Waals surface area contributed by atoms with Gasteiger partial charge in [-0.15, -0.1) is 0 Å². The third kappa shape index (κ3) is 7.35. The monoisotopic (exact) mass is 340 g/mol. The number of carbonyl (C=O) groups is 1. The van der Waals surface area contributed by atoms with Crippen molar-refractivity contribution >= 4 is 11.6 Å². The predicted molar refractivity (Wildman–Crippen MR) is 103 cm³/mol. The van der Waals surface area contributed by atoms with Gasteiger partial charge in [0.1, 0.15) is 5.69 Å². The van der Waals surface area contributed by atoms with Gasteiger partial charge in [0.05, 0.1) is 0 Å². The molecule has 2 N–H and O–H groups in total. The maximum absolute atomic E-state index is 12.2. The van der Waals surface area contributed by atoms with Gasteiger partial charge in [-0.3, -0.25) is 9.78 Å². The van der Waals surface area contributed by atoms with Crippen LogP contribution >= 0.6 is 0 Å². The van der Waals surface area contributed by atoms with E-state index in [2.05, 4.69) is 46.7 Å². The first-order valence-electron chi connectivity index (χ1n) is 8.82. The Hall–Kier alpha value is -2.40. The molecule has 0 aliphatic carbocycles. The Labute approximate surface area is 150 Å². The van der Waals surface area contributed by atoms with E-state index in [-0.39, 0.29) is 5.91 Å². The van der Waals surface area contributed by atoms with Crippen LogP contribution in [0, 0.1) is 0 Å². The van der Waals surface area contributed by atoms with Gasteiger partial charge in [0.2, 0.25) is 0 Å². The van der Waals surface area contributed by atoms with Crippen LogP contribution in [0.5, 0.6) is 0 Å². The van der Waals surface area contributed by atoms with Crippen LogP contribution in [0.1, 0.15) is 28.9 Å². The molecule has 0 aliphatic heterocycles. The number of hydrogen-bond donors (Lipinski definition) is 2. The molecule has 0 radical (unpaired) electrons. The Morgan fingerprint density at radius 1 is 1.08 bits per heavy atom. The maximum atomic E-state index is 12.2. The minimum atomic E-state index is -0.120. The quantitative estimate of drug-likeness (QED) is 0.653. The van der Waals surface area contributed by atoms with E-state index in [1.807, 2.05) is 30.3 Å². The summed E-state index contributed by atoms with van der Waals surface area (Å²) in [5, 5.41) is 6.28. The van der Waals surface area contributed by atoms with Crippen molar-refractivity contribution in [2.45, 2.75) is 19.3 Å². The number of carbonyl (C=O) groups excluding carboxylic acids is 1. The maximum Gasteiger partial charge on any atom is 0.269 e. The van der Waals surface area contributed by atoms with Gasteiger partial charge in [0.15, 0.2) is 0 Å². The first kappa shape index (κ1) is 18.9. The lowest BCUT2D eigenvalue weighted by molar-refractivity contribution is 0.0948. The molecule has 25 heavy (non-hydrogen) atoms. The standard InChI is InChI=1S/C20H28N4O/c1-24(2)15-7-13-21-18-11-14-22-19(16-18)20(25)23-12-6-10-17-8-4-3-5-9-17/h3-5,8-9,11,14,16H,6-7,10,12-13,15H2,1-2H3,(H,21,22)(H,23,25). The Kier molecular flexibility index (Phi) is 7.92. The summed E-state index contributed by atoms with van der Waals surface area (Å²) in [6.07, 6.45) is 4.60. The van der Waals surface area contributed by atoms with E-state index in [1.54, 1.807) is 6.20 Å². The number of hydrogen-bond acceptors (Lipinski definition) is 4. The van der Waals surface area contributed by atoms with Crippen LogP contribution in [0.15, 0.2) is 48.7 Å². The lowest BCUT2D eigenvalue weighted by Crippen LogP contribution is -2.25.